The molecule has 0 aromatic carbocycles. The van der Waals surface area contributed by atoms with Crippen LogP contribution in [0.2, 0.25) is 0 Å². The summed E-state index contributed by atoms with van der Waals surface area (Å²) in [4.78, 5) is 11.1. The number of hydrogen-bond donors (Lipinski definition) is 0. The van der Waals surface area contributed by atoms with Gasteiger partial charge in [-0.05, 0) is 0 Å². The lowest BCUT2D eigenvalue weighted by Gasteiger charge is -2.36. The maximum absolute atomic E-state index is 11.1. The third kappa shape index (κ3) is 2.41. The van der Waals surface area contributed by atoms with Gasteiger partial charge in [0.2, 0.25) is 0 Å². The van der Waals surface area contributed by atoms with Crippen molar-refractivity contribution in [1.29, 1.82) is 5.26 Å². The van der Waals surface area contributed by atoms with Crippen molar-refractivity contribution >= 4 is 14.8 Å². The first kappa shape index (κ1) is 15.1. The summed E-state index contributed by atoms with van der Waals surface area (Å²) in [5, 5.41) is 7.72. The molecular weight excluding hydrogens is 230 g/mol. The van der Waals surface area contributed by atoms with E-state index < -0.39 is 20.0 Å². The van der Waals surface area contributed by atoms with Gasteiger partial charge in [-0.15, -0.1) is 0 Å². The van der Waals surface area contributed by atoms with Crippen LogP contribution in [0.4, 0.5) is 0 Å². The third-order valence-electron chi connectivity index (χ3n) is 2.30. The summed E-state index contributed by atoms with van der Waals surface area (Å²) in [6.45, 7) is 2.92. The number of carbonyl (C=O) groups is 1. The highest BCUT2D eigenvalue weighted by Gasteiger charge is 2.63. The SMILES string of the molecule is CCC(C#N)(OC(C)=O)[Si](OC)(OC)OC. The zero-order valence-electron chi connectivity index (χ0n) is 10.2. The second-order valence-electron chi connectivity index (χ2n) is 3.05. The van der Waals surface area contributed by atoms with Crippen molar-refractivity contribution in [1.82, 2.24) is 0 Å². The Balaban J connectivity index is 5.45. The average molecular weight is 247 g/mol. The number of rotatable bonds is 6. The van der Waals surface area contributed by atoms with Crippen LogP contribution in [-0.4, -0.2) is 41.3 Å². The van der Waals surface area contributed by atoms with E-state index in [9.17, 15) is 10.1 Å². The van der Waals surface area contributed by atoms with Crippen LogP contribution < -0.4 is 0 Å². The Labute approximate surface area is 96.4 Å². The first-order valence-corrected chi connectivity index (χ1v) is 6.46. The van der Waals surface area contributed by atoms with Crippen molar-refractivity contribution in [3.8, 4) is 6.07 Å². The molecule has 0 aliphatic carbocycles. The van der Waals surface area contributed by atoms with E-state index in [1.54, 1.807) is 6.92 Å². The zero-order chi connectivity index (χ0) is 12.8. The van der Waals surface area contributed by atoms with Crippen molar-refractivity contribution in [2.45, 2.75) is 25.5 Å². The van der Waals surface area contributed by atoms with Crippen LogP contribution in [0, 0.1) is 11.3 Å². The fourth-order valence-electron chi connectivity index (χ4n) is 1.51. The molecule has 0 spiro atoms. The molecule has 0 amide bonds. The molecule has 0 saturated heterocycles. The number of esters is 1. The fraction of sp³-hybridized carbons (Fsp3) is 0.778. The van der Waals surface area contributed by atoms with Gasteiger partial charge < -0.3 is 18.0 Å². The highest BCUT2D eigenvalue weighted by Crippen LogP contribution is 2.30. The van der Waals surface area contributed by atoms with Gasteiger partial charge >= 0.3 is 14.8 Å². The second kappa shape index (κ2) is 5.96. The molecule has 0 aliphatic rings. The predicted molar refractivity (Wildman–Crippen MR) is 57.2 cm³/mol. The lowest BCUT2D eigenvalue weighted by molar-refractivity contribution is -0.151. The average Bonchev–Trinajstić information content (AvgIpc) is 2.29. The van der Waals surface area contributed by atoms with Gasteiger partial charge in [-0.1, -0.05) is 6.92 Å². The predicted octanol–water partition coefficient (Wildman–Crippen LogP) is 0.639. The molecule has 6 nitrogen and oxygen atoms in total. The van der Waals surface area contributed by atoms with Gasteiger partial charge in [-0.3, -0.25) is 4.79 Å². The zero-order valence-corrected chi connectivity index (χ0v) is 11.2. The third-order valence-corrected chi connectivity index (χ3v) is 5.47. The fourth-order valence-corrected chi connectivity index (χ4v) is 3.84. The maximum atomic E-state index is 11.1. The number of carbonyl (C=O) groups excluding carboxylic acids is 1. The molecule has 0 fully saturated rings. The van der Waals surface area contributed by atoms with Crippen molar-refractivity contribution in [3.05, 3.63) is 0 Å². The van der Waals surface area contributed by atoms with Gasteiger partial charge in [0, 0.05) is 34.7 Å². The van der Waals surface area contributed by atoms with Crippen molar-refractivity contribution in [3.63, 3.8) is 0 Å². The summed E-state index contributed by atoms with van der Waals surface area (Å²) in [5.41, 5.74) is 0. The topological polar surface area (TPSA) is 77.8 Å². The van der Waals surface area contributed by atoms with Gasteiger partial charge in [-0.2, -0.15) is 5.26 Å². The van der Waals surface area contributed by atoms with Crippen LogP contribution in [0.5, 0.6) is 0 Å². The molecule has 0 aromatic rings. The maximum Gasteiger partial charge on any atom is 0.562 e. The van der Waals surface area contributed by atoms with Crippen molar-refractivity contribution in [2.24, 2.45) is 0 Å². The molecular formula is C9H17NO5Si. The second-order valence-corrected chi connectivity index (χ2v) is 6.20. The van der Waals surface area contributed by atoms with E-state index in [4.69, 9.17) is 18.0 Å². The molecule has 0 aromatic heterocycles. The van der Waals surface area contributed by atoms with E-state index in [1.807, 2.05) is 6.07 Å². The lowest BCUT2D eigenvalue weighted by Crippen LogP contribution is -2.64. The highest BCUT2D eigenvalue weighted by molar-refractivity contribution is 6.65. The highest BCUT2D eigenvalue weighted by atomic mass is 28.4. The van der Waals surface area contributed by atoms with Crippen LogP contribution in [0.1, 0.15) is 20.3 Å². The normalized spacial score (nSPS) is 15.0. The van der Waals surface area contributed by atoms with E-state index >= 15 is 0 Å². The summed E-state index contributed by atoms with van der Waals surface area (Å²) in [5.74, 6) is -0.577. The first-order chi connectivity index (χ1) is 7.47. The smallest absolute Gasteiger partial charge is 0.439 e. The van der Waals surface area contributed by atoms with Gasteiger partial charge in [0.05, 0.1) is 0 Å². The molecule has 0 saturated carbocycles. The van der Waals surface area contributed by atoms with Crippen LogP contribution in [0.25, 0.3) is 0 Å². The molecule has 1 atom stereocenters. The summed E-state index contributed by atoms with van der Waals surface area (Å²) in [6, 6.07) is 1.93. The molecule has 0 bridgehead atoms. The monoisotopic (exact) mass is 247 g/mol. The molecule has 16 heavy (non-hydrogen) atoms. The summed E-state index contributed by atoms with van der Waals surface area (Å²) >= 11 is 0. The van der Waals surface area contributed by atoms with Crippen LogP contribution in [0.3, 0.4) is 0 Å². The van der Waals surface area contributed by atoms with Crippen LogP contribution >= 0.6 is 0 Å². The minimum Gasteiger partial charge on any atom is -0.439 e. The number of hydrogen-bond acceptors (Lipinski definition) is 6. The molecule has 1 unspecified atom stereocenters. The first-order valence-electron chi connectivity index (χ1n) is 4.73. The molecule has 0 radical (unpaired) electrons. The van der Waals surface area contributed by atoms with Crippen LogP contribution in [0.15, 0.2) is 0 Å². The summed E-state index contributed by atoms with van der Waals surface area (Å²) < 4.78 is 20.6. The Hall–Kier alpha value is -0.943. The van der Waals surface area contributed by atoms with E-state index in [0.717, 1.165) is 0 Å². The number of nitrogens with zero attached hydrogens (tertiary/aromatic N) is 1. The largest absolute Gasteiger partial charge is 0.562 e. The summed E-state index contributed by atoms with van der Waals surface area (Å²) in [6.07, 6.45) is 0.227. The Morgan fingerprint density at radius 1 is 1.31 bits per heavy atom. The van der Waals surface area contributed by atoms with Crippen LogP contribution in [-0.2, 0) is 22.8 Å². The number of nitriles is 1. The molecule has 0 heterocycles. The Bertz CT molecular complexity index is 278. The lowest BCUT2D eigenvalue weighted by atomic mass is 10.3. The molecule has 0 rings (SSSR count). The van der Waals surface area contributed by atoms with Gasteiger partial charge in [0.15, 0.2) is 0 Å². The van der Waals surface area contributed by atoms with E-state index in [1.165, 1.54) is 28.3 Å². The number of ether oxygens (including phenoxy) is 1. The van der Waals surface area contributed by atoms with E-state index in [2.05, 4.69) is 0 Å². The Morgan fingerprint density at radius 3 is 1.94 bits per heavy atom. The van der Waals surface area contributed by atoms with Gasteiger partial charge in [0.25, 0.3) is 5.22 Å². The standard InChI is InChI=1S/C9H17NO5Si/c1-6-9(7-10,15-8(2)11)16(12-3,13-4)14-5/h6H2,1-5H3. The molecule has 0 aliphatic heterocycles. The molecule has 7 heteroatoms. The Kier molecular flexibility index (Phi) is 5.61. The van der Waals surface area contributed by atoms with Gasteiger partial charge in [-0.25, -0.2) is 0 Å². The molecule has 92 valence electrons. The molecule has 0 N–H and O–H groups in total. The quantitative estimate of drug-likeness (QED) is 0.506. The van der Waals surface area contributed by atoms with Gasteiger partial charge in [0.1, 0.15) is 6.07 Å². The Morgan fingerprint density at radius 2 is 1.75 bits per heavy atom. The summed E-state index contributed by atoms with van der Waals surface area (Å²) in [7, 11) is 0.733. The van der Waals surface area contributed by atoms with Crippen molar-refractivity contribution < 1.29 is 22.8 Å². The minimum absolute atomic E-state index is 0.227. The van der Waals surface area contributed by atoms with E-state index in [-0.39, 0.29) is 6.42 Å². The minimum atomic E-state index is -3.36. The van der Waals surface area contributed by atoms with Crippen molar-refractivity contribution in [2.75, 3.05) is 21.3 Å². The van der Waals surface area contributed by atoms with E-state index in [0.29, 0.717) is 0 Å².